The topological polar surface area (TPSA) is 0 Å². The van der Waals surface area contributed by atoms with Gasteiger partial charge in [0.05, 0.1) is 0 Å². The summed E-state index contributed by atoms with van der Waals surface area (Å²) in [7, 11) is 0. The normalized spacial score (nSPS) is 13.0. The summed E-state index contributed by atoms with van der Waals surface area (Å²) in [6, 6.07) is 0. The summed E-state index contributed by atoms with van der Waals surface area (Å²) >= 11 is -1.93. The second kappa shape index (κ2) is 10.4. The van der Waals surface area contributed by atoms with E-state index in [1.165, 1.54) is 30.1 Å². The van der Waals surface area contributed by atoms with Crippen molar-refractivity contribution < 1.29 is 0 Å². The standard InChI is InChI=1S/2C4H9.C4H7.C3H5.Sn/c3*1-3-4-2;1-3-2;/h2*1,3-4H2,2H3;3-4H,1H2,2H3;1,3H,2H3;/b;;4-3-;;. The van der Waals surface area contributed by atoms with Gasteiger partial charge in [0.15, 0.2) is 0 Å². The summed E-state index contributed by atoms with van der Waals surface area (Å²) < 4.78 is 7.20. The van der Waals surface area contributed by atoms with Gasteiger partial charge in [-0.2, -0.15) is 0 Å². The molecule has 0 aliphatic heterocycles. The monoisotopic (exact) mass is 330 g/mol. The first-order chi connectivity index (χ1) is 7.74. The minimum atomic E-state index is -1.93. The molecule has 16 heavy (non-hydrogen) atoms. The van der Waals surface area contributed by atoms with Gasteiger partial charge >= 0.3 is 107 Å². The van der Waals surface area contributed by atoms with Crippen LogP contribution < -0.4 is 0 Å². The third-order valence-corrected chi connectivity index (χ3v) is 17.0. The first kappa shape index (κ1) is 16.3. The molecule has 0 saturated heterocycles. The fourth-order valence-corrected chi connectivity index (χ4v) is 15.6. The van der Waals surface area contributed by atoms with E-state index >= 15 is 0 Å². The van der Waals surface area contributed by atoms with Gasteiger partial charge in [-0.05, 0) is 0 Å². The van der Waals surface area contributed by atoms with Crippen molar-refractivity contribution in [1.82, 2.24) is 0 Å². The Labute approximate surface area is 107 Å². The van der Waals surface area contributed by atoms with Crippen LogP contribution in [0.2, 0.25) is 13.3 Å². The number of hydrogen-bond acceptors (Lipinski definition) is 0. The average Bonchev–Trinajstić information content (AvgIpc) is 2.31. The van der Waals surface area contributed by atoms with Crippen LogP contribution in [0.25, 0.3) is 0 Å². The Morgan fingerprint density at radius 2 is 1.44 bits per heavy atom. The fraction of sp³-hybridized carbons (Fsp3) is 0.733. The van der Waals surface area contributed by atoms with Crippen molar-refractivity contribution in [3.63, 3.8) is 0 Å². The molecule has 0 heterocycles. The van der Waals surface area contributed by atoms with Gasteiger partial charge in [-0.1, -0.05) is 0 Å². The molecule has 0 nitrogen and oxygen atoms in total. The quantitative estimate of drug-likeness (QED) is 0.374. The Morgan fingerprint density at radius 3 is 1.81 bits per heavy atom. The molecular weight excluding hydrogens is 299 g/mol. The zero-order valence-corrected chi connectivity index (χ0v) is 14.6. The SMILES string of the molecule is C/C=C\[CH2][Sn](/[CH]=C\C)([CH2]CCC)[CH2]CCC. The van der Waals surface area contributed by atoms with Gasteiger partial charge in [0, 0.05) is 0 Å². The molecule has 0 aliphatic carbocycles. The minimum absolute atomic E-state index is 1.36. The van der Waals surface area contributed by atoms with E-state index in [9.17, 15) is 0 Å². The van der Waals surface area contributed by atoms with Crippen LogP contribution in [0.3, 0.4) is 0 Å². The van der Waals surface area contributed by atoms with Gasteiger partial charge in [0.1, 0.15) is 0 Å². The molecule has 0 aromatic carbocycles. The number of unbranched alkanes of at least 4 members (excludes halogenated alkanes) is 2. The van der Waals surface area contributed by atoms with Crippen LogP contribution in [0.15, 0.2) is 22.3 Å². The molecule has 94 valence electrons. The van der Waals surface area contributed by atoms with Crippen LogP contribution in [-0.2, 0) is 0 Å². The number of hydrogen-bond donors (Lipinski definition) is 0. The molecule has 0 aliphatic rings. The molecule has 0 saturated carbocycles. The van der Waals surface area contributed by atoms with Crippen LogP contribution >= 0.6 is 0 Å². The average molecular weight is 329 g/mol. The zero-order valence-electron chi connectivity index (χ0n) is 11.8. The van der Waals surface area contributed by atoms with Crippen LogP contribution in [-0.4, -0.2) is 18.4 Å². The van der Waals surface area contributed by atoms with Crippen LogP contribution in [0.4, 0.5) is 0 Å². The first-order valence-corrected chi connectivity index (χ1v) is 14.7. The number of rotatable bonds is 9. The predicted molar refractivity (Wildman–Crippen MR) is 79.6 cm³/mol. The van der Waals surface area contributed by atoms with E-state index in [4.69, 9.17) is 0 Å². The van der Waals surface area contributed by atoms with Crippen molar-refractivity contribution in [2.75, 3.05) is 0 Å². The summed E-state index contributed by atoms with van der Waals surface area (Å²) in [5, 5.41) is 0. The molecule has 0 rings (SSSR count). The van der Waals surface area contributed by atoms with E-state index in [2.05, 4.69) is 50.0 Å². The van der Waals surface area contributed by atoms with E-state index < -0.39 is 18.4 Å². The van der Waals surface area contributed by atoms with Crippen molar-refractivity contribution in [1.29, 1.82) is 0 Å². The molecule has 0 atom stereocenters. The van der Waals surface area contributed by atoms with Crippen molar-refractivity contribution in [3.8, 4) is 0 Å². The van der Waals surface area contributed by atoms with Gasteiger partial charge in [-0.25, -0.2) is 0 Å². The Kier molecular flexibility index (Phi) is 10.6. The summed E-state index contributed by atoms with van der Waals surface area (Å²) in [5.41, 5.74) is 0. The predicted octanol–water partition coefficient (Wildman–Crippen LogP) is 5.73. The third-order valence-electron chi connectivity index (χ3n) is 3.34. The van der Waals surface area contributed by atoms with E-state index in [1.54, 1.807) is 8.87 Å². The fourth-order valence-electron chi connectivity index (χ4n) is 2.33. The molecule has 0 fully saturated rings. The third kappa shape index (κ3) is 6.77. The second-order valence-electron chi connectivity index (χ2n) is 4.84. The molecular formula is C15H30Sn. The molecule has 0 bridgehead atoms. The molecule has 0 spiro atoms. The molecule has 0 aromatic rings. The molecule has 0 N–H and O–H groups in total. The molecule has 0 amide bonds. The van der Waals surface area contributed by atoms with Gasteiger partial charge in [-0.3, -0.25) is 0 Å². The zero-order chi connectivity index (χ0) is 12.3. The van der Waals surface area contributed by atoms with Crippen molar-refractivity contribution in [2.45, 2.75) is 66.7 Å². The molecule has 0 radical (unpaired) electrons. The van der Waals surface area contributed by atoms with Crippen LogP contribution in [0.5, 0.6) is 0 Å². The van der Waals surface area contributed by atoms with Gasteiger partial charge < -0.3 is 0 Å². The van der Waals surface area contributed by atoms with Crippen molar-refractivity contribution >= 4 is 18.4 Å². The summed E-state index contributed by atoms with van der Waals surface area (Å²) in [6.45, 7) is 9.01. The molecule has 0 aromatic heterocycles. The van der Waals surface area contributed by atoms with Crippen molar-refractivity contribution in [2.24, 2.45) is 0 Å². The van der Waals surface area contributed by atoms with E-state index in [0.29, 0.717) is 0 Å². The summed E-state index contributed by atoms with van der Waals surface area (Å²) in [4.78, 5) is 0. The van der Waals surface area contributed by atoms with Gasteiger partial charge in [0.25, 0.3) is 0 Å². The Morgan fingerprint density at radius 1 is 0.875 bits per heavy atom. The Balaban J connectivity index is 4.58. The van der Waals surface area contributed by atoms with Gasteiger partial charge in [-0.15, -0.1) is 0 Å². The van der Waals surface area contributed by atoms with Gasteiger partial charge in [0.2, 0.25) is 0 Å². The summed E-state index contributed by atoms with van der Waals surface area (Å²) in [5.74, 6) is 0. The van der Waals surface area contributed by atoms with Crippen LogP contribution in [0, 0.1) is 0 Å². The second-order valence-corrected chi connectivity index (χ2v) is 17.6. The maximum atomic E-state index is 2.67. The van der Waals surface area contributed by atoms with E-state index in [1.807, 2.05) is 0 Å². The molecule has 1 heteroatoms. The van der Waals surface area contributed by atoms with E-state index in [0.717, 1.165) is 0 Å². The Hall–Kier alpha value is 0.279. The van der Waals surface area contributed by atoms with Crippen molar-refractivity contribution in [3.05, 3.63) is 22.3 Å². The van der Waals surface area contributed by atoms with E-state index in [-0.39, 0.29) is 0 Å². The first-order valence-electron chi connectivity index (χ1n) is 6.99. The maximum absolute atomic E-state index is 2.67. The number of allylic oxidation sites excluding steroid dienone is 3. The Bertz CT molecular complexity index is 195. The van der Waals surface area contributed by atoms with Crippen LogP contribution in [0.1, 0.15) is 53.4 Å². The summed E-state index contributed by atoms with van der Waals surface area (Å²) in [6.07, 6.45) is 12.6. The molecule has 0 unspecified atom stereocenters.